The first-order valence-electron chi connectivity index (χ1n) is 6.29. The molecule has 0 saturated carbocycles. The highest BCUT2D eigenvalue weighted by Gasteiger charge is 2.12. The molecule has 0 amide bonds. The second kappa shape index (κ2) is 4.78. The van der Waals surface area contributed by atoms with Gasteiger partial charge in [0.05, 0.1) is 0 Å². The Kier molecular flexibility index (Phi) is 2.99. The third-order valence-corrected chi connectivity index (χ3v) is 3.38. The minimum absolute atomic E-state index is 0.439. The quantitative estimate of drug-likeness (QED) is 0.897. The second-order valence-corrected chi connectivity index (χ2v) is 4.57. The average Bonchev–Trinajstić information content (AvgIpc) is 2.87. The van der Waals surface area contributed by atoms with Gasteiger partial charge in [0.2, 0.25) is 0 Å². The molecule has 2 aromatic rings. The molecule has 2 N–H and O–H groups in total. The van der Waals surface area contributed by atoms with Gasteiger partial charge in [0.1, 0.15) is 11.5 Å². The van der Waals surface area contributed by atoms with Gasteiger partial charge in [-0.25, -0.2) is 0 Å². The third-order valence-electron chi connectivity index (χ3n) is 3.38. The van der Waals surface area contributed by atoms with Crippen LogP contribution >= 0.6 is 0 Å². The number of hydrogen-bond acceptors (Lipinski definition) is 3. The van der Waals surface area contributed by atoms with Crippen LogP contribution < -0.4 is 10.5 Å². The molecular formula is C15H16N2O. The van der Waals surface area contributed by atoms with Gasteiger partial charge in [-0.05, 0) is 48.6 Å². The van der Waals surface area contributed by atoms with Crippen molar-refractivity contribution in [2.24, 2.45) is 5.73 Å². The van der Waals surface area contributed by atoms with E-state index in [0.717, 1.165) is 23.5 Å². The highest BCUT2D eigenvalue weighted by molar-refractivity contribution is 5.41. The maximum Gasteiger partial charge on any atom is 0.134 e. The molecule has 1 heterocycles. The summed E-state index contributed by atoms with van der Waals surface area (Å²) in [5.74, 6) is 1.68. The van der Waals surface area contributed by atoms with Crippen molar-refractivity contribution in [2.45, 2.75) is 25.8 Å². The summed E-state index contributed by atoms with van der Waals surface area (Å²) >= 11 is 0. The van der Waals surface area contributed by atoms with Gasteiger partial charge in [-0.3, -0.25) is 4.98 Å². The molecule has 0 atom stereocenters. The molecular weight excluding hydrogens is 224 g/mol. The van der Waals surface area contributed by atoms with Crippen molar-refractivity contribution in [3.63, 3.8) is 0 Å². The van der Waals surface area contributed by atoms with Gasteiger partial charge in [0.15, 0.2) is 0 Å². The van der Waals surface area contributed by atoms with Crippen LogP contribution in [0.15, 0.2) is 36.7 Å². The SMILES string of the molecule is NCc1cnccc1Oc1ccc2c(c1)CCC2. The van der Waals surface area contributed by atoms with Gasteiger partial charge in [0, 0.05) is 24.5 Å². The minimum Gasteiger partial charge on any atom is -0.457 e. The molecule has 0 fully saturated rings. The molecule has 3 rings (SSSR count). The molecule has 0 spiro atoms. The van der Waals surface area contributed by atoms with E-state index < -0.39 is 0 Å². The molecule has 0 aliphatic heterocycles. The van der Waals surface area contributed by atoms with Crippen molar-refractivity contribution < 1.29 is 4.74 Å². The summed E-state index contributed by atoms with van der Waals surface area (Å²) in [6.45, 7) is 0.439. The molecule has 0 radical (unpaired) electrons. The number of hydrogen-bond donors (Lipinski definition) is 1. The number of nitrogens with two attached hydrogens (primary N) is 1. The molecule has 1 aliphatic carbocycles. The Hall–Kier alpha value is -1.87. The summed E-state index contributed by atoms with van der Waals surface area (Å²) in [5.41, 5.74) is 9.47. The first-order valence-corrected chi connectivity index (χ1v) is 6.29. The lowest BCUT2D eigenvalue weighted by Gasteiger charge is -2.10. The van der Waals surface area contributed by atoms with Crippen molar-refractivity contribution in [3.05, 3.63) is 53.3 Å². The van der Waals surface area contributed by atoms with Crippen molar-refractivity contribution >= 4 is 0 Å². The average molecular weight is 240 g/mol. The van der Waals surface area contributed by atoms with E-state index in [0.29, 0.717) is 6.54 Å². The van der Waals surface area contributed by atoms with Gasteiger partial charge in [-0.1, -0.05) is 6.07 Å². The first-order chi connectivity index (χ1) is 8.86. The Labute approximate surface area is 107 Å². The molecule has 1 aliphatic rings. The van der Waals surface area contributed by atoms with Crippen LogP contribution in [0.1, 0.15) is 23.1 Å². The maximum atomic E-state index is 5.91. The number of ether oxygens (including phenoxy) is 1. The van der Waals surface area contributed by atoms with E-state index in [-0.39, 0.29) is 0 Å². The van der Waals surface area contributed by atoms with Crippen LogP contribution in [-0.2, 0) is 19.4 Å². The molecule has 0 bridgehead atoms. The zero-order chi connectivity index (χ0) is 12.4. The number of aryl methyl sites for hydroxylation is 2. The lowest BCUT2D eigenvalue weighted by molar-refractivity contribution is 0.475. The van der Waals surface area contributed by atoms with Crippen molar-refractivity contribution in [1.29, 1.82) is 0 Å². The molecule has 0 unspecified atom stereocenters. The van der Waals surface area contributed by atoms with Gasteiger partial charge in [0.25, 0.3) is 0 Å². The van der Waals surface area contributed by atoms with Gasteiger partial charge >= 0.3 is 0 Å². The van der Waals surface area contributed by atoms with Crippen molar-refractivity contribution in [2.75, 3.05) is 0 Å². The fraction of sp³-hybridized carbons (Fsp3) is 0.267. The number of fused-ring (bicyclic) bond motifs is 1. The molecule has 1 aromatic carbocycles. The van der Waals surface area contributed by atoms with E-state index in [1.54, 1.807) is 12.4 Å². The highest BCUT2D eigenvalue weighted by Crippen LogP contribution is 2.29. The summed E-state index contributed by atoms with van der Waals surface area (Å²) in [6.07, 6.45) is 7.08. The molecule has 3 heteroatoms. The fourth-order valence-corrected chi connectivity index (χ4v) is 2.41. The topological polar surface area (TPSA) is 48.1 Å². The Balaban J connectivity index is 1.88. The second-order valence-electron chi connectivity index (χ2n) is 4.57. The summed E-state index contributed by atoms with van der Waals surface area (Å²) in [5, 5.41) is 0. The van der Waals surface area contributed by atoms with Crippen molar-refractivity contribution in [3.8, 4) is 11.5 Å². The Morgan fingerprint density at radius 2 is 2.06 bits per heavy atom. The molecule has 0 saturated heterocycles. The maximum absolute atomic E-state index is 5.91. The zero-order valence-electron chi connectivity index (χ0n) is 10.2. The van der Waals surface area contributed by atoms with Crippen LogP contribution in [0.2, 0.25) is 0 Å². The lowest BCUT2D eigenvalue weighted by atomic mass is 10.1. The van der Waals surface area contributed by atoms with Gasteiger partial charge in [-0.2, -0.15) is 0 Å². The van der Waals surface area contributed by atoms with Crippen LogP contribution in [0, 0.1) is 0 Å². The summed E-state index contributed by atoms with van der Waals surface area (Å²) < 4.78 is 5.91. The van der Waals surface area contributed by atoms with Gasteiger partial charge < -0.3 is 10.5 Å². The predicted octanol–water partition coefficient (Wildman–Crippen LogP) is 2.82. The zero-order valence-corrected chi connectivity index (χ0v) is 10.2. The van der Waals surface area contributed by atoms with E-state index in [4.69, 9.17) is 10.5 Å². The number of nitrogens with zero attached hydrogens (tertiary/aromatic N) is 1. The monoisotopic (exact) mass is 240 g/mol. The first kappa shape index (κ1) is 11.2. The molecule has 18 heavy (non-hydrogen) atoms. The number of rotatable bonds is 3. The molecule has 92 valence electrons. The Morgan fingerprint density at radius 3 is 2.94 bits per heavy atom. The number of pyridine rings is 1. The number of benzene rings is 1. The predicted molar refractivity (Wildman–Crippen MR) is 70.7 cm³/mol. The smallest absolute Gasteiger partial charge is 0.134 e. The van der Waals surface area contributed by atoms with E-state index in [2.05, 4.69) is 17.1 Å². The third kappa shape index (κ3) is 2.09. The van der Waals surface area contributed by atoms with E-state index in [1.165, 1.54) is 24.0 Å². The van der Waals surface area contributed by atoms with Crippen LogP contribution in [0.3, 0.4) is 0 Å². The summed E-state index contributed by atoms with van der Waals surface area (Å²) in [7, 11) is 0. The van der Waals surface area contributed by atoms with Crippen molar-refractivity contribution in [1.82, 2.24) is 4.98 Å². The van der Waals surface area contributed by atoms with Crippen LogP contribution in [0.4, 0.5) is 0 Å². The van der Waals surface area contributed by atoms with Crippen LogP contribution in [0.25, 0.3) is 0 Å². The van der Waals surface area contributed by atoms with E-state index in [1.807, 2.05) is 12.1 Å². The van der Waals surface area contributed by atoms with Crippen LogP contribution in [0.5, 0.6) is 11.5 Å². The summed E-state index contributed by atoms with van der Waals surface area (Å²) in [6, 6.07) is 8.20. The molecule has 3 nitrogen and oxygen atoms in total. The molecule has 1 aromatic heterocycles. The highest BCUT2D eigenvalue weighted by atomic mass is 16.5. The normalized spacial score (nSPS) is 13.4. The van der Waals surface area contributed by atoms with Crippen LogP contribution in [-0.4, -0.2) is 4.98 Å². The Bertz CT molecular complexity index is 566. The van der Waals surface area contributed by atoms with Gasteiger partial charge in [-0.15, -0.1) is 0 Å². The minimum atomic E-state index is 0.439. The number of aromatic nitrogens is 1. The standard InChI is InChI=1S/C15H16N2O/c16-9-13-10-17-7-6-15(13)18-14-5-4-11-2-1-3-12(11)8-14/h4-8,10H,1-3,9,16H2. The Morgan fingerprint density at radius 1 is 1.17 bits per heavy atom. The van der Waals surface area contributed by atoms with E-state index in [9.17, 15) is 0 Å². The fourth-order valence-electron chi connectivity index (χ4n) is 2.41. The summed E-state index contributed by atoms with van der Waals surface area (Å²) in [4.78, 5) is 4.06. The lowest BCUT2D eigenvalue weighted by Crippen LogP contribution is -2.00. The van der Waals surface area contributed by atoms with E-state index >= 15 is 0 Å². The largest absolute Gasteiger partial charge is 0.457 e.